The molecule has 0 aliphatic rings. The van der Waals surface area contributed by atoms with Crippen LogP contribution in [0.5, 0.6) is 0 Å². The number of nitrogens with one attached hydrogen (secondary N) is 4. The molecule has 0 aromatic heterocycles. The number of aliphatic carboxylic acids is 1. The topological polar surface area (TPSA) is 180 Å². The van der Waals surface area contributed by atoms with Gasteiger partial charge in [0, 0.05) is 13.0 Å². The van der Waals surface area contributed by atoms with E-state index in [-0.39, 0.29) is 19.6 Å². The van der Waals surface area contributed by atoms with Crippen LogP contribution in [0.25, 0.3) is 0 Å². The highest BCUT2D eigenvalue weighted by molar-refractivity contribution is 6.38. The number of alkyl carbamates (subject to hydrolysis) is 1. The van der Waals surface area contributed by atoms with Crippen molar-refractivity contribution in [1.29, 1.82) is 0 Å². The molecule has 12 heteroatoms. The Morgan fingerprint density at radius 3 is 2.19 bits per heavy atom. The SMILES string of the molecule is CC[C@H](C)[C@H](NC(=O)C(=O)C(C)NC(=O)CCNC(=O)OCc1ccccc1)C(=O)NC(C)(C)C(=O)O. The zero-order valence-corrected chi connectivity index (χ0v) is 21.8. The molecule has 1 aromatic rings. The van der Waals surface area contributed by atoms with Crippen molar-refractivity contribution in [3.05, 3.63) is 35.9 Å². The van der Waals surface area contributed by atoms with E-state index in [1.54, 1.807) is 26.0 Å². The van der Waals surface area contributed by atoms with Crippen LogP contribution in [0.15, 0.2) is 30.3 Å². The fraction of sp³-hybridized carbons (Fsp3) is 0.520. The first-order valence-corrected chi connectivity index (χ1v) is 11.9. The summed E-state index contributed by atoms with van der Waals surface area (Å²) in [4.78, 5) is 72.9. The highest BCUT2D eigenvalue weighted by atomic mass is 16.5. The molecule has 1 unspecified atom stereocenters. The summed E-state index contributed by atoms with van der Waals surface area (Å²) in [6.07, 6.45) is -0.407. The standard InChI is InChI=1S/C25H36N4O8/c1-6-15(2)19(21(32)29-25(4,5)23(34)35)28-22(33)20(31)16(3)27-18(30)12-13-26-24(36)37-14-17-10-8-7-9-11-17/h7-11,15-16,19H,6,12-14H2,1-5H3,(H,26,36)(H,27,30)(H,28,33)(H,29,32)(H,34,35)/t15-,16?,19-/m0/s1. The predicted molar refractivity (Wildman–Crippen MR) is 133 cm³/mol. The van der Waals surface area contributed by atoms with E-state index >= 15 is 0 Å². The molecule has 0 spiro atoms. The summed E-state index contributed by atoms with van der Waals surface area (Å²) in [5.41, 5.74) is -0.777. The number of hydrogen-bond donors (Lipinski definition) is 5. The predicted octanol–water partition coefficient (Wildman–Crippen LogP) is 0.887. The molecule has 12 nitrogen and oxygen atoms in total. The molecule has 0 saturated heterocycles. The van der Waals surface area contributed by atoms with Gasteiger partial charge in [-0.2, -0.15) is 0 Å². The minimum absolute atomic E-state index is 0.0534. The molecule has 37 heavy (non-hydrogen) atoms. The first kappa shape index (κ1) is 31.1. The van der Waals surface area contributed by atoms with Crippen molar-refractivity contribution in [3.63, 3.8) is 0 Å². The van der Waals surface area contributed by atoms with Gasteiger partial charge in [-0.05, 0) is 32.3 Å². The van der Waals surface area contributed by atoms with Gasteiger partial charge in [0.05, 0.1) is 6.04 Å². The molecule has 0 radical (unpaired) electrons. The number of carbonyl (C=O) groups excluding carboxylic acids is 5. The number of carboxylic acids is 1. The van der Waals surface area contributed by atoms with Crippen molar-refractivity contribution < 1.29 is 38.6 Å². The molecule has 0 saturated carbocycles. The largest absolute Gasteiger partial charge is 0.480 e. The molecule has 0 aliphatic carbocycles. The van der Waals surface area contributed by atoms with Crippen molar-refractivity contribution in [2.75, 3.05) is 6.54 Å². The summed E-state index contributed by atoms with van der Waals surface area (Å²) in [7, 11) is 0. The molecule has 0 fully saturated rings. The van der Waals surface area contributed by atoms with Crippen molar-refractivity contribution in [3.8, 4) is 0 Å². The second kappa shape index (κ2) is 14.6. The summed E-state index contributed by atoms with van der Waals surface area (Å²) in [6, 6.07) is 6.68. The van der Waals surface area contributed by atoms with Crippen LogP contribution in [0.2, 0.25) is 0 Å². The van der Waals surface area contributed by atoms with E-state index < -0.39 is 59.1 Å². The number of hydrogen-bond acceptors (Lipinski definition) is 7. The quantitative estimate of drug-likeness (QED) is 0.224. The molecule has 1 rings (SSSR count). The molecular formula is C25H36N4O8. The Morgan fingerprint density at radius 1 is 1.00 bits per heavy atom. The van der Waals surface area contributed by atoms with Crippen LogP contribution < -0.4 is 21.3 Å². The minimum Gasteiger partial charge on any atom is -0.480 e. The van der Waals surface area contributed by atoms with E-state index in [1.807, 2.05) is 18.2 Å². The van der Waals surface area contributed by atoms with Crippen molar-refractivity contribution >= 4 is 35.6 Å². The molecule has 3 atom stereocenters. The number of benzene rings is 1. The van der Waals surface area contributed by atoms with Crippen molar-refractivity contribution in [2.45, 2.75) is 71.7 Å². The number of carboxylic acid groups (broad SMARTS) is 1. The van der Waals surface area contributed by atoms with Crippen LogP contribution in [0.4, 0.5) is 4.79 Å². The molecule has 0 aliphatic heterocycles. The van der Waals surface area contributed by atoms with Gasteiger partial charge in [0.25, 0.3) is 5.91 Å². The summed E-state index contributed by atoms with van der Waals surface area (Å²) < 4.78 is 5.03. The maximum absolute atomic E-state index is 12.7. The van der Waals surface area contributed by atoms with Crippen LogP contribution in [0, 0.1) is 5.92 Å². The lowest BCUT2D eigenvalue weighted by atomic mass is 9.96. The Bertz CT molecular complexity index is 980. The van der Waals surface area contributed by atoms with Crippen LogP contribution in [0.3, 0.4) is 0 Å². The second-order valence-electron chi connectivity index (χ2n) is 9.15. The highest BCUT2D eigenvalue weighted by Gasteiger charge is 2.35. The van der Waals surface area contributed by atoms with E-state index in [4.69, 9.17) is 4.74 Å². The lowest BCUT2D eigenvalue weighted by Gasteiger charge is -2.28. The minimum atomic E-state index is -1.58. The lowest BCUT2D eigenvalue weighted by Crippen LogP contribution is -2.59. The van der Waals surface area contributed by atoms with E-state index in [0.717, 1.165) is 5.56 Å². The van der Waals surface area contributed by atoms with Gasteiger partial charge in [-0.3, -0.25) is 19.2 Å². The van der Waals surface area contributed by atoms with Gasteiger partial charge in [-0.1, -0.05) is 50.6 Å². The molecule has 0 bridgehead atoms. The molecule has 0 heterocycles. The van der Waals surface area contributed by atoms with Crippen LogP contribution in [0.1, 0.15) is 53.0 Å². The first-order valence-electron chi connectivity index (χ1n) is 11.9. The Balaban J connectivity index is 2.54. The normalized spacial score (nSPS) is 13.3. The third kappa shape index (κ3) is 10.7. The Kier molecular flexibility index (Phi) is 12.2. The summed E-state index contributed by atoms with van der Waals surface area (Å²) in [5, 5.41) is 18.7. The zero-order chi connectivity index (χ0) is 28.2. The second-order valence-corrected chi connectivity index (χ2v) is 9.15. The van der Waals surface area contributed by atoms with Crippen molar-refractivity contribution in [1.82, 2.24) is 21.3 Å². The number of rotatable bonds is 14. The third-order valence-electron chi connectivity index (χ3n) is 5.58. The Hall–Kier alpha value is -3.96. The summed E-state index contributed by atoms with van der Waals surface area (Å²) in [5.74, 6) is -5.08. The van der Waals surface area contributed by atoms with Crippen molar-refractivity contribution in [2.24, 2.45) is 5.92 Å². The van der Waals surface area contributed by atoms with Gasteiger partial charge in [-0.15, -0.1) is 0 Å². The lowest BCUT2D eigenvalue weighted by molar-refractivity contribution is -0.147. The maximum atomic E-state index is 12.7. The smallest absolute Gasteiger partial charge is 0.407 e. The number of carbonyl (C=O) groups is 6. The molecule has 204 valence electrons. The molecule has 1 aromatic carbocycles. The first-order chi connectivity index (χ1) is 17.3. The number of ketones is 1. The molecular weight excluding hydrogens is 484 g/mol. The zero-order valence-electron chi connectivity index (χ0n) is 21.8. The van der Waals surface area contributed by atoms with Gasteiger partial charge in [0.2, 0.25) is 17.6 Å². The van der Waals surface area contributed by atoms with E-state index in [9.17, 15) is 33.9 Å². The van der Waals surface area contributed by atoms with Gasteiger partial charge in [0.1, 0.15) is 18.2 Å². The van der Waals surface area contributed by atoms with E-state index in [0.29, 0.717) is 6.42 Å². The monoisotopic (exact) mass is 520 g/mol. The number of amides is 4. The fourth-order valence-electron chi connectivity index (χ4n) is 2.98. The van der Waals surface area contributed by atoms with E-state index in [1.165, 1.54) is 20.8 Å². The maximum Gasteiger partial charge on any atom is 0.407 e. The summed E-state index contributed by atoms with van der Waals surface area (Å²) in [6.45, 7) is 7.37. The highest BCUT2D eigenvalue weighted by Crippen LogP contribution is 2.11. The van der Waals surface area contributed by atoms with Gasteiger partial charge < -0.3 is 31.1 Å². The average molecular weight is 521 g/mol. The van der Waals surface area contributed by atoms with Gasteiger partial charge in [-0.25, -0.2) is 9.59 Å². The third-order valence-corrected chi connectivity index (χ3v) is 5.58. The number of Topliss-reactive ketones (excluding diaryl/α,β-unsaturated/α-hetero) is 1. The van der Waals surface area contributed by atoms with Crippen LogP contribution in [-0.2, 0) is 35.3 Å². The summed E-state index contributed by atoms with van der Waals surface area (Å²) >= 11 is 0. The fourth-order valence-corrected chi connectivity index (χ4v) is 2.98. The number of ether oxygens (including phenoxy) is 1. The Morgan fingerprint density at radius 2 is 1.62 bits per heavy atom. The Labute approximate surface area is 215 Å². The van der Waals surface area contributed by atoms with E-state index in [2.05, 4.69) is 21.3 Å². The molecule has 4 amide bonds. The van der Waals surface area contributed by atoms with Gasteiger partial charge in [0.15, 0.2) is 0 Å². The average Bonchev–Trinajstić information content (AvgIpc) is 2.84. The van der Waals surface area contributed by atoms with Gasteiger partial charge >= 0.3 is 12.1 Å². The van der Waals surface area contributed by atoms with Crippen LogP contribution in [-0.4, -0.2) is 64.8 Å². The molecule has 5 N–H and O–H groups in total. The van der Waals surface area contributed by atoms with Crippen LogP contribution >= 0.6 is 0 Å².